The van der Waals surface area contributed by atoms with Crippen LogP contribution < -0.4 is 11.1 Å². The van der Waals surface area contributed by atoms with E-state index in [1.165, 1.54) is 12.1 Å². The number of H-pyrrole nitrogens is 1. The number of benzene rings is 1. The summed E-state index contributed by atoms with van der Waals surface area (Å²) in [5.74, 6) is -0.953. The zero-order valence-electron chi connectivity index (χ0n) is 8.90. The summed E-state index contributed by atoms with van der Waals surface area (Å²) in [5.41, 5.74) is 6.42. The molecule has 0 unspecified atom stereocenters. The Morgan fingerprint density at radius 3 is 3.00 bits per heavy atom. The van der Waals surface area contributed by atoms with Gasteiger partial charge in [-0.3, -0.25) is 9.89 Å². The molecule has 0 radical (unpaired) electrons. The fourth-order valence-electron chi connectivity index (χ4n) is 1.33. The fourth-order valence-corrected chi connectivity index (χ4v) is 1.33. The lowest BCUT2D eigenvalue weighted by atomic mass is 10.2. The van der Waals surface area contributed by atoms with Crippen LogP contribution >= 0.6 is 0 Å². The Morgan fingerprint density at radius 1 is 1.53 bits per heavy atom. The van der Waals surface area contributed by atoms with Crippen LogP contribution in [0, 0.1) is 5.82 Å². The van der Waals surface area contributed by atoms with Gasteiger partial charge in [0.05, 0.1) is 11.9 Å². The number of nitrogens with zero attached hydrogens (tertiary/aromatic N) is 1. The molecule has 2 rings (SSSR count). The standard InChI is InChI=1S/C11H11FN4O/c12-9-3-8(1-2-10(9)13)11(17)14-4-7-5-15-16-6-7/h1-3,5-6H,4,13H2,(H,14,17)(H,15,16). The Hall–Kier alpha value is -2.37. The summed E-state index contributed by atoms with van der Waals surface area (Å²) >= 11 is 0. The van der Waals surface area contributed by atoms with E-state index < -0.39 is 5.82 Å². The van der Waals surface area contributed by atoms with Gasteiger partial charge < -0.3 is 11.1 Å². The van der Waals surface area contributed by atoms with Gasteiger partial charge in [-0.05, 0) is 18.2 Å². The second-order valence-electron chi connectivity index (χ2n) is 3.53. The van der Waals surface area contributed by atoms with Crippen molar-refractivity contribution in [2.45, 2.75) is 6.54 Å². The average molecular weight is 234 g/mol. The molecule has 88 valence electrons. The molecule has 0 aliphatic carbocycles. The monoisotopic (exact) mass is 234 g/mol. The molecule has 5 nitrogen and oxygen atoms in total. The third-order valence-electron chi connectivity index (χ3n) is 2.27. The number of halogens is 1. The Balaban J connectivity index is 2.02. The van der Waals surface area contributed by atoms with Gasteiger partial charge in [-0.1, -0.05) is 0 Å². The number of aromatic amines is 1. The minimum absolute atomic E-state index is 0.0244. The number of hydrogen-bond donors (Lipinski definition) is 3. The topological polar surface area (TPSA) is 83.8 Å². The van der Waals surface area contributed by atoms with E-state index in [9.17, 15) is 9.18 Å². The number of nitrogen functional groups attached to an aromatic ring is 1. The molecule has 0 aliphatic rings. The van der Waals surface area contributed by atoms with E-state index in [1.54, 1.807) is 12.4 Å². The number of anilines is 1. The summed E-state index contributed by atoms with van der Waals surface area (Å²) < 4.78 is 13.1. The predicted molar refractivity (Wildman–Crippen MR) is 60.6 cm³/mol. The normalized spacial score (nSPS) is 10.2. The molecule has 2 aromatic rings. The molecular formula is C11H11FN4O. The Bertz CT molecular complexity index is 524. The van der Waals surface area contributed by atoms with Crippen LogP contribution in [0.2, 0.25) is 0 Å². The lowest BCUT2D eigenvalue weighted by Crippen LogP contribution is -2.22. The summed E-state index contributed by atoms with van der Waals surface area (Å²) in [6.07, 6.45) is 3.27. The highest BCUT2D eigenvalue weighted by molar-refractivity contribution is 5.94. The van der Waals surface area contributed by atoms with Crippen LogP contribution in [0.15, 0.2) is 30.6 Å². The van der Waals surface area contributed by atoms with E-state index in [0.717, 1.165) is 11.6 Å². The van der Waals surface area contributed by atoms with Crippen molar-refractivity contribution in [2.75, 3.05) is 5.73 Å². The van der Waals surface area contributed by atoms with Gasteiger partial charge >= 0.3 is 0 Å². The summed E-state index contributed by atoms with van der Waals surface area (Å²) in [5, 5.41) is 9.02. The van der Waals surface area contributed by atoms with Crippen LogP contribution in [0.3, 0.4) is 0 Å². The van der Waals surface area contributed by atoms with Crippen LogP contribution in [-0.2, 0) is 6.54 Å². The first-order chi connectivity index (χ1) is 8.16. The molecule has 6 heteroatoms. The number of carbonyl (C=O) groups is 1. The third kappa shape index (κ3) is 2.60. The zero-order valence-corrected chi connectivity index (χ0v) is 8.90. The first kappa shape index (κ1) is 11.1. The fraction of sp³-hybridized carbons (Fsp3) is 0.0909. The molecule has 1 amide bonds. The van der Waals surface area contributed by atoms with Crippen molar-refractivity contribution in [1.29, 1.82) is 0 Å². The van der Waals surface area contributed by atoms with Gasteiger partial charge in [-0.15, -0.1) is 0 Å². The van der Waals surface area contributed by atoms with Crippen molar-refractivity contribution >= 4 is 11.6 Å². The summed E-state index contributed by atoms with van der Waals surface area (Å²) in [7, 11) is 0. The molecule has 0 fully saturated rings. The van der Waals surface area contributed by atoms with Crippen molar-refractivity contribution in [1.82, 2.24) is 15.5 Å². The molecular weight excluding hydrogens is 223 g/mol. The number of carbonyl (C=O) groups excluding carboxylic acids is 1. The number of nitrogens with one attached hydrogen (secondary N) is 2. The smallest absolute Gasteiger partial charge is 0.251 e. The van der Waals surface area contributed by atoms with Gasteiger partial charge in [-0.25, -0.2) is 4.39 Å². The van der Waals surface area contributed by atoms with Crippen LogP contribution in [0.1, 0.15) is 15.9 Å². The Morgan fingerprint density at radius 2 is 2.35 bits per heavy atom. The summed E-state index contributed by atoms with van der Waals surface area (Å²) in [6.45, 7) is 0.335. The van der Waals surface area contributed by atoms with E-state index in [2.05, 4.69) is 15.5 Å². The van der Waals surface area contributed by atoms with Gasteiger partial charge in [0.1, 0.15) is 5.82 Å². The van der Waals surface area contributed by atoms with E-state index in [-0.39, 0.29) is 17.2 Å². The lowest BCUT2D eigenvalue weighted by molar-refractivity contribution is 0.0950. The Kier molecular flexibility index (Phi) is 3.04. The van der Waals surface area contributed by atoms with E-state index in [4.69, 9.17) is 5.73 Å². The van der Waals surface area contributed by atoms with Gasteiger partial charge in [0.15, 0.2) is 0 Å². The lowest BCUT2D eigenvalue weighted by Gasteiger charge is -2.04. The molecule has 4 N–H and O–H groups in total. The van der Waals surface area contributed by atoms with Crippen molar-refractivity contribution in [3.63, 3.8) is 0 Å². The molecule has 1 aromatic heterocycles. The zero-order chi connectivity index (χ0) is 12.3. The number of hydrogen-bond acceptors (Lipinski definition) is 3. The highest BCUT2D eigenvalue weighted by Crippen LogP contribution is 2.11. The maximum Gasteiger partial charge on any atom is 0.251 e. The van der Waals surface area contributed by atoms with Crippen molar-refractivity contribution in [3.05, 3.63) is 47.5 Å². The second-order valence-corrected chi connectivity index (χ2v) is 3.53. The number of aromatic nitrogens is 2. The van der Waals surface area contributed by atoms with Crippen LogP contribution in [-0.4, -0.2) is 16.1 Å². The molecule has 0 aliphatic heterocycles. The highest BCUT2D eigenvalue weighted by atomic mass is 19.1. The molecule has 0 spiro atoms. The summed E-state index contributed by atoms with van der Waals surface area (Å²) in [4.78, 5) is 11.7. The number of rotatable bonds is 3. The molecule has 0 saturated heterocycles. The van der Waals surface area contributed by atoms with Gasteiger partial charge in [-0.2, -0.15) is 5.10 Å². The first-order valence-corrected chi connectivity index (χ1v) is 4.97. The molecule has 17 heavy (non-hydrogen) atoms. The van der Waals surface area contributed by atoms with E-state index in [0.29, 0.717) is 6.54 Å². The van der Waals surface area contributed by atoms with Gasteiger partial charge in [0.25, 0.3) is 5.91 Å². The highest BCUT2D eigenvalue weighted by Gasteiger charge is 2.08. The minimum Gasteiger partial charge on any atom is -0.396 e. The molecule has 1 heterocycles. The largest absolute Gasteiger partial charge is 0.396 e. The molecule has 0 atom stereocenters. The second kappa shape index (κ2) is 4.65. The molecule has 0 bridgehead atoms. The third-order valence-corrected chi connectivity index (χ3v) is 2.27. The minimum atomic E-state index is -0.596. The van der Waals surface area contributed by atoms with Crippen molar-refractivity contribution in [2.24, 2.45) is 0 Å². The summed E-state index contributed by atoms with van der Waals surface area (Å²) in [6, 6.07) is 3.95. The quantitative estimate of drug-likeness (QED) is 0.694. The Labute approximate surface area is 96.8 Å². The van der Waals surface area contributed by atoms with Crippen LogP contribution in [0.4, 0.5) is 10.1 Å². The van der Waals surface area contributed by atoms with Crippen LogP contribution in [0.25, 0.3) is 0 Å². The maximum absolute atomic E-state index is 13.1. The molecule has 0 saturated carbocycles. The van der Waals surface area contributed by atoms with Crippen LogP contribution in [0.5, 0.6) is 0 Å². The first-order valence-electron chi connectivity index (χ1n) is 4.97. The van der Waals surface area contributed by atoms with Gasteiger partial charge in [0.2, 0.25) is 0 Å². The SMILES string of the molecule is Nc1ccc(C(=O)NCc2cn[nH]c2)cc1F. The van der Waals surface area contributed by atoms with Crippen molar-refractivity contribution in [3.8, 4) is 0 Å². The number of nitrogens with two attached hydrogens (primary N) is 1. The maximum atomic E-state index is 13.1. The molecule has 1 aromatic carbocycles. The number of amides is 1. The van der Waals surface area contributed by atoms with Crippen molar-refractivity contribution < 1.29 is 9.18 Å². The van der Waals surface area contributed by atoms with E-state index in [1.807, 2.05) is 0 Å². The predicted octanol–water partition coefficient (Wildman–Crippen LogP) is 1.06. The van der Waals surface area contributed by atoms with E-state index >= 15 is 0 Å². The average Bonchev–Trinajstić information content (AvgIpc) is 2.82. The van der Waals surface area contributed by atoms with Gasteiger partial charge in [0, 0.05) is 23.9 Å².